The molecule has 0 saturated heterocycles. The maximum Gasteiger partial charge on any atom is 0.264 e. The van der Waals surface area contributed by atoms with Gasteiger partial charge in [0, 0.05) is 25.1 Å². The van der Waals surface area contributed by atoms with Crippen LogP contribution in [0.4, 0.5) is 10.1 Å². The van der Waals surface area contributed by atoms with Crippen molar-refractivity contribution in [2.45, 2.75) is 55.6 Å². The molecule has 1 heterocycles. The standard InChI is InChI=1S/C37H36Cl2FN3O6S/c38-31-16-10-26(20-32(31)39)23-42(33(21-25-6-2-1-3-7-25)37(45)41-28-8-4-5-9-28)36(44)24-43(29-13-11-27(40)12-14-29)50(46,47)30-15-17-34-35(22-30)49-19-18-48-34/h1-3,6-7,10-17,20,22,28,33H,4-5,8-9,18-19,21,23-24H2,(H,41,45). The van der Waals surface area contributed by atoms with Gasteiger partial charge in [0.15, 0.2) is 11.5 Å². The first-order valence-corrected chi connectivity index (χ1v) is 18.5. The molecule has 1 aliphatic heterocycles. The maximum absolute atomic E-state index is 14.7. The zero-order valence-corrected chi connectivity index (χ0v) is 29.4. The summed E-state index contributed by atoms with van der Waals surface area (Å²) in [5, 5.41) is 3.72. The predicted octanol–water partition coefficient (Wildman–Crippen LogP) is 6.80. The van der Waals surface area contributed by atoms with E-state index in [1.807, 2.05) is 30.3 Å². The monoisotopic (exact) mass is 739 g/mol. The van der Waals surface area contributed by atoms with E-state index in [-0.39, 0.29) is 52.9 Å². The third-order valence-corrected chi connectivity index (χ3v) is 11.3. The number of carbonyl (C=O) groups is 2. The molecule has 1 atom stereocenters. The van der Waals surface area contributed by atoms with Gasteiger partial charge in [-0.2, -0.15) is 0 Å². The Labute approximate surface area is 300 Å². The van der Waals surface area contributed by atoms with Gasteiger partial charge >= 0.3 is 0 Å². The summed E-state index contributed by atoms with van der Waals surface area (Å²) in [7, 11) is -4.45. The van der Waals surface area contributed by atoms with Crippen LogP contribution in [0.2, 0.25) is 10.0 Å². The number of sulfonamides is 1. The van der Waals surface area contributed by atoms with Crippen molar-refractivity contribution in [3.05, 3.63) is 118 Å². The Bertz CT molecular complexity index is 1940. The van der Waals surface area contributed by atoms with Gasteiger partial charge in [-0.25, -0.2) is 12.8 Å². The van der Waals surface area contributed by atoms with Crippen LogP contribution in [0.3, 0.4) is 0 Å². The normalized spacial score (nSPS) is 14.9. The van der Waals surface area contributed by atoms with Crippen molar-refractivity contribution in [3.63, 3.8) is 0 Å². The van der Waals surface area contributed by atoms with Gasteiger partial charge in [0.1, 0.15) is 31.6 Å². The molecule has 1 fully saturated rings. The van der Waals surface area contributed by atoms with Crippen molar-refractivity contribution < 1.29 is 31.9 Å². The third-order valence-electron chi connectivity index (χ3n) is 8.80. The molecular weight excluding hydrogens is 704 g/mol. The van der Waals surface area contributed by atoms with E-state index in [1.54, 1.807) is 18.2 Å². The molecule has 262 valence electrons. The maximum atomic E-state index is 14.7. The summed E-state index contributed by atoms with van der Waals surface area (Å²) in [6.45, 7) is -0.215. The second kappa shape index (κ2) is 15.7. The number of hydrogen-bond donors (Lipinski definition) is 1. The molecule has 2 aliphatic rings. The van der Waals surface area contributed by atoms with Crippen LogP contribution >= 0.6 is 23.2 Å². The molecule has 50 heavy (non-hydrogen) atoms. The van der Waals surface area contributed by atoms with Crippen molar-refractivity contribution >= 4 is 50.7 Å². The summed E-state index contributed by atoms with van der Waals surface area (Å²) < 4.78 is 55.0. The number of nitrogens with zero attached hydrogens (tertiary/aromatic N) is 2. The van der Waals surface area contributed by atoms with E-state index in [4.69, 9.17) is 32.7 Å². The molecule has 2 amide bonds. The number of halogens is 3. The molecule has 6 rings (SSSR count). The average molecular weight is 741 g/mol. The molecule has 1 saturated carbocycles. The Morgan fingerprint density at radius 3 is 2.24 bits per heavy atom. The highest BCUT2D eigenvalue weighted by Gasteiger charge is 2.36. The molecule has 1 N–H and O–H groups in total. The van der Waals surface area contributed by atoms with Crippen molar-refractivity contribution in [2.75, 3.05) is 24.1 Å². The first-order valence-electron chi connectivity index (χ1n) is 16.3. The number of amides is 2. The molecule has 4 aromatic rings. The molecule has 4 aromatic carbocycles. The summed E-state index contributed by atoms with van der Waals surface area (Å²) in [5.74, 6) is -0.953. The van der Waals surface area contributed by atoms with Crippen LogP contribution in [0.1, 0.15) is 36.8 Å². The van der Waals surface area contributed by atoms with Crippen molar-refractivity contribution in [1.29, 1.82) is 0 Å². The van der Waals surface area contributed by atoms with Crippen LogP contribution in [-0.4, -0.2) is 57.0 Å². The quantitative estimate of drug-likeness (QED) is 0.172. The topological polar surface area (TPSA) is 105 Å². The van der Waals surface area contributed by atoms with E-state index >= 15 is 0 Å². The first-order chi connectivity index (χ1) is 24.1. The number of rotatable bonds is 12. The van der Waals surface area contributed by atoms with Crippen molar-refractivity contribution in [1.82, 2.24) is 10.2 Å². The number of carbonyl (C=O) groups excluding carboxylic acids is 2. The van der Waals surface area contributed by atoms with Crippen LogP contribution in [-0.2, 0) is 32.6 Å². The molecule has 0 spiro atoms. The van der Waals surface area contributed by atoms with Crippen molar-refractivity contribution in [2.24, 2.45) is 0 Å². The minimum absolute atomic E-state index is 0.0333. The second-order valence-corrected chi connectivity index (χ2v) is 14.9. The van der Waals surface area contributed by atoms with Gasteiger partial charge in [0.2, 0.25) is 11.8 Å². The fourth-order valence-corrected chi connectivity index (χ4v) is 7.95. The Morgan fingerprint density at radius 1 is 0.840 bits per heavy atom. The van der Waals surface area contributed by atoms with E-state index in [0.717, 1.165) is 47.7 Å². The van der Waals surface area contributed by atoms with E-state index in [0.29, 0.717) is 22.9 Å². The highest BCUT2D eigenvalue weighted by molar-refractivity contribution is 7.92. The third kappa shape index (κ3) is 8.34. The van der Waals surface area contributed by atoms with E-state index < -0.39 is 34.3 Å². The average Bonchev–Trinajstić information content (AvgIpc) is 3.63. The fourth-order valence-electron chi connectivity index (χ4n) is 6.20. The molecule has 1 aliphatic carbocycles. The summed E-state index contributed by atoms with van der Waals surface area (Å²) in [4.78, 5) is 30.1. The Morgan fingerprint density at radius 2 is 1.54 bits per heavy atom. The predicted molar refractivity (Wildman–Crippen MR) is 190 cm³/mol. The fraction of sp³-hybridized carbons (Fsp3) is 0.297. The van der Waals surface area contributed by atoms with E-state index in [9.17, 15) is 22.4 Å². The summed E-state index contributed by atoms with van der Waals surface area (Å²) >= 11 is 12.6. The van der Waals surface area contributed by atoms with Gasteiger partial charge < -0.3 is 19.7 Å². The highest BCUT2D eigenvalue weighted by atomic mass is 35.5. The van der Waals surface area contributed by atoms with Crippen molar-refractivity contribution in [3.8, 4) is 11.5 Å². The molecule has 0 radical (unpaired) electrons. The highest BCUT2D eigenvalue weighted by Crippen LogP contribution is 2.35. The number of anilines is 1. The lowest BCUT2D eigenvalue weighted by atomic mass is 10.0. The van der Waals surface area contributed by atoms with Gasteiger partial charge in [-0.1, -0.05) is 72.4 Å². The van der Waals surface area contributed by atoms with Crippen LogP contribution in [0.5, 0.6) is 11.5 Å². The second-order valence-electron chi connectivity index (χ2n) is 12.3. The van der Waals surface area contributed by atoms with Gasteiger partial charge in [-0.05, 0) is 72.5 Å². The summed E-state index contributed by atoms with van der Waals surface area (Å²) in [6.07, 6.45) is 3.81. The minimum Gasteiger partial charge on any atom is -0.486 e. The number of benzene rings is 4. The number of fused-ring (bicyclic) bond motifs is 1. The number of nitrogens with one attached hydrogen (secondary N) is 1. The Balaban J connectivity index is 1.41. The largest absolute Gasteiger partial charge is 0.486 e. The summed E-state index contributed by atoms with van der Waals surface area (Å²) in [5.41, 5.74) is 1.45. The lowest BCUT2D eigenvalue weighted by Crippen LogP contribution is -2.54. The molecule has 13 heteroatoms. The van der Waals surface area contributed by atoms with Crippen LogP contribution in [0.15, 0.2) is 95.9 Å². The molecular formula is C37H36Cl2FN3O6S. The molecule has 1 unspecified atom stereocenters. The molecule has 9 nitrogen and oxygen atoms in total. The number of ether oxygens (including phenoxy) is 2. The lowest BCUT2D eigenvalue weighted by Gasteiger charge is -2.34. The molecule has 0 aromatic heterocycles. The minimum atomic E-state index is -4.45. The Hall–Kier alpha value is -4.32. The van der Waals surface area contributed by atoms with Crippen LogP contribution < -0.4 is 19.1 Å². The van der Waals surface area contributed by atoms with E-state index in [1.165, 1.54) is 35.2 Å². The van der Waals surface area contributed by atoms with Crippen LogP contribution in [0.25, 0.3) is 0 Å². The SMILES string of the molecule is O=C(NC1CCCC1)C(Cc1ccccc1)N(Cc1ccc(Cl)c(Cl)c1)C(=O)CN(c1ccc(F)cc1)S(=O)(=O)c1ccc2c(c1)OCCO2. The zero-order valence-electron chi connectivity index (χ0n) is 27.1. The van der Waals surface area contributed by atoms with Gasteiger partial charge in [0.05, 0.1) is 20.6 Å². The Kier molecular flexibility index (Phi) is 11.2. The van der Waals surface area contributed by atoms with Crippen LogP contribution in [0, 0.1) is 5.82 Å². The lowest BCUT2D eigenvalue weighted by molar-refractivity contribution is -0.140. The smallest absolute Gasteiger partial charge is 0.264 e. The zero-order chi connectivity index (χ0) is 35.3. The van der Waals surface area contributed by atoms with Gasteiger partial charge in [0.25, 0.3) is 10.0 Å². The van der Waals surface area contributed by atoms with E-state index in [2.05, 4.69) is 5.32 Å². The van der Waals surface area contributed by atoms with Gasteiger partial charge in [-0.15, -0.1) is 0 Å². The molecule has 0 bridgehead atoms. The summed E-state index contributed by atoms with van der Waals surface area (Å²) in [6, 6.07) is 22.2. The van der Waals surface area contributed by atoms with Gasteiger partial charge in [-0.3, -0.25) is 13.9 Å². The first kappa shape index (κ1) is 35.5. The number of hydrogen-bond acceptors (Lipinski definition) is 6.